The van der Waals surface area contributed by atoms with Crippen LogP contribution in [0.1, 0.15) is 36.6 Å². The molecule has 0 spiro atoms. The van der Waals surface area contributed by atoms with Gasteiger partial charge in [0.15, 0.2) is 0 Å². The highest BCUT2D eigenvalue weighted by atomic mass is 19.1. The lowest BCUT2D eigenvalue weighted by atomic mass is 9.82. The van der Waals surface area contributed by atoms with Gasteiger partial charge in [-0.15, -0.1) is 5.10 Å². The largest absolute Gasteiger partial charge is 0.325 e. The fourth-order valence-corrected chi connectivity index (χ4v) is 2.33. The quantitative estimate of drug-likeness (QED) is 0.902. The number of aromatic nitrogens is 3. The van der Waals surface area contributed by atoms with Gasteiger partial charge in [-0.3, -0.25) is 0 Å². The minimum Gasteiger partial charge on any atom is -0.325 e. The first kappa shape index (κ1) is 11.3. The first-order valence-electron chi connectivity index (χ1n) is 6.20. The molecule has 1 aromatic carbocycles. The molecule has 0 amide bonds. The third kappa shape index (κ3) is 1.80. The Morgan fingerprint density at radius 3 is 2.56 bits per heavy atom. The van der Waals surface area contributed by atoms with Gasteiger partial charge in [0, 0.05) is 12.5 Å². The van der Waals surface area contributed by atoms with Crippen molar-refractivity contribution in [3.05, 3.63) is 41.5 Å². The lowest BCUT2D eigenvalue weighted by Gasteiger charge is -2.26. The average molecular weight is 246 g/mol. The van der Waals surface area contributed by atoms with Crippen molar-refractivity contribution in [2.45, 2.75) is 31.7 Å². The minimum absolute atomic E-state index is 0.247. The van der Waals surface area contributed by atoms with Crippen LogP contribution in [0.3, 0.4) is 0 Å². The van der Waals surface area contributed by atoms with E-state index in [4.69, 9.17) is 5.73 Å². The molecule has 94 valence electrons. The van der Waals surface area contributed by atoms with Crippen molar-refractivity contribution in [2.75, 3.05) is 0 Å². The molecule has 0 unspecified atom stereocenters. The predicted molar refractivity (Wildman–Crippen MR) is 65.8 cm³/mol. The molecule has 4 nitrogen and oxygen atoms in total. The van der Waals surface area contributed by atoms with Crippen LogP contribution in [0.4, 0.5) is 4.39 Å². The van der Waals surface area contributed by atoms with Gasteiger partial charge in [-0.25, -0.2) is 9.07 Å². The number of nitrogens with zero attached hydrogens (tertiary/aromatic N) is 3. The molecule has 0 aliphatic heterocycles. The summed E-state index contributed by atoms with van der Waals surface area (Å²) in [5, 5.41) is 8.28. The summed E-state index contributed by atoms with van der Waals surface area (Å²) in [6, 6.07) is 6.30. The fraction of sp³-hybridized carbons (Fsp3) is 0.385. The topological polar surface area (TPSA) is 56.7 Å². The number of hydrogen-bond acceptors (Lipinski definition) is 3. The van der Waals surface area contributed by atoms with Crippen LogP contribution in [0.15, 0.2) is 24.3 Å². The standard InChI is InChI=1S/C13H15FN4/c14-10-4-6-11(7-5-10)18-13(9-2-1-3-9)12(8-15)16-17-18/h4-7,9H,1-3,8,15H2. The Balaban J connectivity index is 2.05. The monoisotopic (exact) mass is 246 g/mol. The molecule has 2 aromatic rings. The van der Waals surface area contributed by atoms with Crippen molar-refractivity contribution in [3.63, 3.8) is 0 Å². The smallest absolute Gasteiger partial charge is 0.123 e. The molecule has 1 aliphatic carbocycles. The van der Waals surface area contributed by atoms with Crippen LogP contribution >= 0.6 is 0 Å². The van der Waals surface area contributed by atoms with E-state index in [1.165, 1.54) is 18.6 Å². The summed E-state index contributed by atoms with van der Waals surface area (Å²) in [4.78, 5) is 0. The van der Waals surface area contributed by atoms with E-state index in [1.54, 1.807) is 16.8 Å². The van der Waals surface area contributed by atoms with Crippen LogP contribution in [-0.2, 0) is 6.54 Å². The second-order valence-corrected chi connectivity index (χ2v) is 4.64. The number of halogens is 1. The molecule has 5 heteroatoms. The Morgan fingerprint density at radius 2 is 2.00 bits per heavy atom. The maximum Gasteiger partial charge on any atom is 0.123 e. The highest BCUT2D eigenvalue weighted by Crippen LogP contribution is 2.38. The molecule has 1 saturated carbocycles. The number of nitrogens with two attached hydrogens (primary N) is 1. The maximum atomic E-state index is 12.9. The van der Waals surface area contributed by atoms with Crippen molar-refractivity contribution in [3.8, 4) is 5.69 Å². The predicted octanol–water partition coefficient (Wildman–Crippen LogP) is 2.13. The summed E-state index contributed by atoms with van der Waals surface area (Å²) in [6.07, 6.45) is 3.55. The summed E-state index contributed by atoms with van der Waals surface area (Å²) >= 11 is 0. The third-order valence-electron chi connectivity index (χ3n) is 3.54. The van der Waals surface area contributed by atoms with Crippen LogP contribution in [0, 0.1) is 5.82 Å². The Bertz CT molecular complexity index is 543. The molecule has 1 aliphatic rings. The van der Waals surface area contributed by atoms with Crippen molar-refractivity contribution >= 4 is 0 Å². The van der Waals surface area contributed by atoms with Gasteiger partial charge in [0.05, 0.1) is 11.4 Å². The maximum absolute atomic E-state index is 12.9. The molecule has 1 aromatic heterocycles. The summed E-state index contributed by atoms with van der Waals surface area (Å²) in [5.41, 5.74) is 8.49. The molecular formula is C13H15FN4. The highest BCUT2D eigenvalue weighted by molar-refractivity contribution is 5.35. The van der Waals surface area contributed by atoms with Crippen LogP contribution in [0.2, 0.25) is 0 Å². The molecule has 3 rings (SSSR count). The lowest BCUT2D eigenvalue weighted by Crippen LogP contribution is -2.17. The zero-order chi connectivity index (χ0) is 12.5. The number of hydrogen-bond donors (Lipinski definition) is 1. The van der Waals surface area contributed by atoms with Crippen molar-refractivity contribution in [1.29, 1.82) is 0 Å². The Hall–Kier alpha value is -1.75. The summed E-state index contributed by atoms with van der Waals surface area (Å²) in [5.74, 6) is 0.242. The first-order valence-corrected chi connectivity index (χ1v) is 6.20. The average Bonchev–Trinajstić information content (AvgIpc) is 2.72. The van der Waals surface area contributed by atoms with Crippen LogP contribution in [-0.4, -0.2) is 15.0 Å². The van der Waals surface area contributed by atoms with E-state index >= 15 is 0 Å². The van der Waals surface area contributed by atoms with Gasteiger partial charge in [0.25, 0.3) is 0 Å². The molecule has 1 heterocycles. The molecule has 0 atom stereocenters. The Labute approximate surface area is 105 Å². The number of rotatable bonds is 3. The number of benzene rings is 1. The molecular weight excluding hydrogens is 231 g/mol. The lowest BCUT2D eigenvalue weighted by molar-refractivity contribution is 0.401. The molecule has 1 fully saturated rings. The Kier molecular flexibility index (Phi) is 2.83. The Morgan fingerprint density at radius 1 is 1.28 bits per heavy atom. The second kappa shape index (κ2) is 4.49. The van der Waals surface area contributed by atoms with Gasteiger partial charge >= 0.3 is 0 Å². The van der Waals surface area contributed by atoms with E-state index < -0.39 is 0 Å². The molecule has 18 heavy (non-hydrogen) atoms. The minimum atomic E-state index is -0.247. The van der Waals surface area contributed by atoms with E-state index in [-0.39, 0.29) is 5.82 Å². The fourth-order valence-electron chi connectivity index (χ4n) is 2.33. The third-order valence-corrected chi connectivity index (χ3v) is 3.54. The van der Waals surface area contributed by atoms with Gasteiger partial charge in [-0.2, -0.15) is 0 Å². The normalized spacial score (nSPS) is 15.7. The van der Waals surface area contributed by atoms with Gasteiger partial charge in [-0.05, 0) is 37.1 Å². The highest BCUT2D eigenvalue weighted by Gasteiger charge is 2.27. The second-order valence-electron chi connectivity index (χ2n) is 4.64. The van der Waals surface area contributed by atoms with E-state index in [0.29, 0.717) is 12.5 Å². The zero-order valence-electron chi connectivity index (χ0n) is 10.0. The van der Waals surface area contributed by atoms with Crippen molar-refractivity contribution in [1.82, 2.24) is 15.0 Å². The van der Waals surface area contributed by atoms with E-state index in [2.05, 4.69) is 10.3 Å². The molecule has 2 N–H and O–H groups in total. The van der Waals surface area contributed by atoms with Gasteiger partial charge in [0.2, 0.25) is 0 Å². The van der Waals surface area contributed by atoms with Gasteiger partial charge < -0.3 is 5.73 Å². The van der Waals surface area contributed by atoms with Crippen LogP contribution < -0.4 is 5.73 Å². The summed E-state index contributed by atoms with van der Waals surface area (Å²) in [7, 11) is 0. The van der Waals surface area contributed by atoms with Crippen molar-refractivity contribution in [2.24, 2.45) is 5.73 Å². The van der Waals surface area contributed by atoms with Crippen LogP contribution in [0.5, 0.6) is 0 Å². The van der Waals surface area contributed by atoms with Crippen LogP contribution in [0.25, 0.3) is 5.69 Å². The molecule has 0 radical (unpaired) electrons. The SMILES string of the molecule is NCc1nnn(-c2ccc(F)cc2)c1C1CCC1. The van der Waals surface area contributed by atoms with Gasteiger partial charge in [-0.1, -0.05) is 11.6 Å². The van der Waals surface area contributed by atoms with Gasteiger partial charge in [0.1, 0.15) is 11.5 Å². The van der Waals surface area contributed by atoms with E-state index in [1.807, 2.05) is 0 Å². The molecule has 0 bridgehead atoms. The summed E-state index contributed by atoms with van der Waals surface area (Å²) < 4.78 is 14.7. The first-order chi connectivity index (χ1) is 8.79. The zero-order valence-corrected chi connectivity index (χ0v) is 10.0. The summed E-state index contributed by atoms with van der Waals surface area (Å²) in [6.45, 7) is 0.396. The van der Waals surface area contributed by atoms with Crippen molar-refractivity contribution < 1.29 is 4.39 Å². The molecule has 0 saturated heterocycles. The van der Waals surface area contributed by atoms with E-state index in [0.717, 1.165) is 29.9 Å². The van der Waals surface area contributed by atoms with E-state index in [9.17, 15) is 4.39 Å².